The molecule has 5 rings (SSSR count). The summed E-state index contributed by atoms with van der Waals surface area (Å²) in [6, 6.07) is 22.2. The Morgan fingerprint density at radius 3 is 2.56 bits per heavy atom. The fourth-order valence-electron chi connectivity index (χ4n) is 5.01. The van der Waals surface area contributed by atoms with E-state index in [-0.39, 0.29) is 35.2 Å². The van der Waals surface area contributed by atoms with Crippen LogP contribution in [0.3, 0.4) is 0 Å². The van der Waals surface area contributed by atoms with Crippen molar-refractivity contribution >= 4 is 29.4 Å². The Bertz CT molecular complexity index is 1540. The van der Waals surface area contributed by atoms with Crippen molar-refractivity contribution in [3.63, 3.8) is 0 Å². The highest BCUT2D eigenvalue weighted by Gasteiger charge is 2.38. The van der Waals surface area contributed by atoms with Crippen LogP contribution in [0.15, 0.2) is 72.8 Å². The van der Waals surface area contributed by atoms with Crippen molar-refractivity contribution in [2.45, 2.75) is 25.5 Å². The Labute approximate surface area is 243 Å². The zero-order valence-electron chi connectivity index (χ0n) is 23.4. The topological polar surface area (TPSA) is 76.5 Å². The molecule has 0 saturated heterocycles. The van der Waals surface area contributed by atoms with Gasteiger partial charge in [0.15, 0.2) is 0 Å². The number of hydrogen-bond donors (Lipinski definition) is 1. The number of methoxy groups -OCH3 is 1. The minimum absolute atomic E-state index is 0.148. The third kappa shape index (κ3) is 6.06. The van der Waals surface area contributed by atoms with Crippen LogP contribution in [0.5, 0.6) is 0 Å². The normalized spacial score (nSPS) is 15.0. The van der Waals surface area contributed by atoms with Gasteiger partial charge in [-0.05, 0) is 55.2 Å². The number of amides is 2. The Balaban J connectivity index is 1.74. The van der Waals surface area contributed by atoms with Gasteiger partial charge in [0, 0.05) is 31.4 Å². The summed E-state index contributed by atoms with van der Waals surface area (Å²) in [7, 11) is 1.62. The van der Waals surface area contributed by atoms with Crippen LogP contribution >= 0.6 is 11.8 Å². The summed E-state index contributed by atoms with van der Waals surface area (Å²) < 4.78 is 20.9. The number of aryl methyl sites for hydroxylation is 1. The van der Waals surface area contributed by atoms with Crippen molar-refractivity contribution in [2.75, 3.05) is 37.5 Å². The lowest BCUT2D eigenvalue weighted by Gasteiger charge is -2.24. The Morgan fingerprint density at radius 1 is 1.07 bits per heavy atom. The van der Waals surface area contributed by atoms with Crippen LogP contribution in [0.1, 0.15) is 33.9 Å². The van der Waals surface area contributed by atoms with Gasteiger partial charge < -0.3 is 10.1 Å². The molecule has 0 spiro atoms. The maximum absolute atomic E-state index is 14.0. The number of carbonyl (C=O) groups excluding carboxylic acids is 2. The molecule has 0 radical (unpaired) electrons. The molecule has 41 heavy (non-hydrogen) atoms. The number of halogens is 1. The average molecular weight is 573 g/mol. The van der Waals surface area contributed by atoms with Gasteiger partial charge in [-0.1, -0.05) is 54.6 Å². The molecule has 4 aromatic rings. The molecule has 0 aliphatic carbocycles. The predicted octanol–water partition coefficient (Wildman–Crippen LogP) is 5.62. The van der Waals surface area contributed by atoms with Gasteiger partial charge in [-0.3, -0.25) is 14.5 Å². The van der Waals surface area contributed by atoms with E-state index in [2.05, 4.69) is 5.32 Å². The summed E-state index contributed by atoms with van der Waals surface area (Å²) in [5, 5.41) is 7.73. The van der Waals surface area contributed by atoms with E-state index in [1.54, 1.807) is 28.8 Å². The first kappa shape index (κ1) is 28.6. The summed E-state index contributed by atoms with van der Waals surface area (Å²) in [5.74, 6) is -0.0902. The maximum Gasteiger partial charge on any atom is 0.240 e. The van der Waals surface area contributed by atoms with Crippen molar-refractivity contribution in [1.29, 1.82) is 0 Å². The molecule has 2 heterocycles. The van der Waals surface area contributed by atoms with Crippen LogP contribution in [-0.4, -0.2) is 54.2 Å². The van der Waals surface area contributed by atoms with Crippen LogP contribution in [-0.2, 0) is 14.3 Å². The number of carbonyl (C=O) groups is 2. The van der Waals surface area contributed by atoms with E-state index in [1.165, 1.54) is 23.9 Å². The van der Waals surface area contributed by atoms with E-state index in [9.17, 15) is 14.0 Å². The predicted molar refractivity (Wildman–Crippen MR) is 161 cm³/mol. The molecule has 1 aromatic heterocycles. The number of thioether (sulfide) groups is 1. The molecule has 212 valence electrons. The van der Waals surface area contributed by atoms with Gasteiger partial charge in [0.25, 0.3) is 0 Å². The van der Waals surface area contributed by atoms with Gasteiger partial charge in [0.1, 0.15) is 18.2 Å². The number of nitrogens with one attached hydrogen (secondary N) is 1. The molecule has 7 nitrogen and oxygen atoms in total. The molecule has 0 saturated carbocycles. The smallest absolute Gasteiger partial charge is 0.240 e. The lowest BCUT2D eigenvalue weighted by atomic mass is 9.99. The first-order chi connectivity index (χ1) is 19.9. The number of aromatic nitrogens is 2. The van der Waals surface area contributed by atoms with E-state index >= 15 is 0 Å². The number of rotatable bonds is 9. The molecule has 0 fully saturated rings. The molecule has 0 bridgehead atoms. The molecule has 3 aromatic carbocycles. The largest absolute Gasteiger partial charge is 0.385 e. The van der Waals surface area contributed by atoms with E-state index in [0.717, 1.165) is 33.5 Å². The first-order valence-electron chi connectivity index (χ1n) is 13.6. The quantitative estimate of drug-likeness (QED) is 0.264. The van der Waals surface area contributed by atoms with Crippen molar-refractivity contribution in [2.24, 2.45) is 0 Å². The molecule has 9 heteroatoms. The van der Waals surface area contributed by atoms with Crippen molar-refractivity contribution in [1.82, 2.24) is 15.1 Å². The highest BCUT2D eigenvalue weighted by molar-refractivity contribution is 8.00. The van der Waals surface area contributed by atoms with Gasteiger partial charge >= 0.3 is 0 Å². The third-order valence-corrected chi connectivity index (χ3v) is 8.52. The maximum atomic E-state index is 14.0. The Morgan fingerprint density at radius 2 is 1.83 bits per heavy atom. The van der Waals surface area contributed by atoms with E-state index < -0.39 is 0 Å². The number of hydrogen-bond acceptors (Lipinski definition) is 5. The zero-order valence-corrected chi connectivity index (χ0v) is 24.2. The van der Waals surface area contributed by atoms with Gasteiger partial charge in [-0.15, -0.1) is 11.8 Å². The summed E-state index contributed by atoms with van der Waals surface area (Å²) in [6.07, 6.45) is 0.669. The number of ether oxygens (including phenoxy) is 1. The number of benzene rings is 3. The monoisotopic (exact) mass is 572 g/mol. The number of nitrogens with zero attached hydrogens (tertiary/aromatic N) is 3. The first-order valence-corrected chi connectivity index (χ1v) is 14.6. The fraction of sp³-hybridized carbons (Fsp3) is 0.281. The molecule has 2 amide bonds. The average Bonchev–Trinajstić information content (AvgIpc) is 3.30. The molecule has 1 aliphatic rings. The van der Waals surface area contributed by atoms with Crippen molar-refractivity contribution in [3.8, 4) is 16.9 Å². The molecular weight excluding hydrogens is 539 g/mol. The molecular formula is C32H33FN4O3S. The van der Waals surface area contributed by atoms with E-state index in [4.69, 9.17) is 9.84 Å². The number of fused-ring (bicyclic) bond motifs is 1. The van der Waals surface area contributed by atoms with Gasteiger partial charge in [-0.2, -0.15) is 5.10 Å². The lowest BCUT2D eigenvalue weighted by Crippen LogP contribution is -2.42. The van der Waals surface area contributed by atoms with Gasteiger partial charge in [0.05, 0.1) is 22.4 Å². The second-order valence-corrected chi connectivity index (χ2v) is 11.1. The second-order valence-electron chi connectivity index (χ2n) is 10.0. The number of anilines is 1. The summed E-state index contributed by atoms with van der Waals surface area (Å²) >= 11 is 1.46. The SMILES string of the molecule is COCCCNC(=O)CN1C(=O)CS[C@H](c2ccc(F)cc2)c2c(-c3ccccc3)nn(-c3cccc(C)c3C)c21. The van der Waals surface area contributed by atoms with E-state index in [1.807, 2.05) is 62.4 Å². The van der Waals surface area contributed by atoms with Gasteiger partial charge in [0.2, 0.25) is 11.8 Å². The molecule has 0 unspecified atom stereocenters. The van der Waals surface area contributed by atoms with Crippen molar-refractivity contribution < 1.29 is 18.7 Å². The summed E-state index contributed by atoms with van der Waals surface area (Å²) in [5.41, 5.74) is 6.19. The Kier molecular flexibility index (Phi) is 8.85. The van der Waals surface area contributed by atoms with E-state index in [0.29, 0.717) is 31.1 Å². The highest BCUT2D eigenvalue weighted by atomic mass is 32.2. The summed E-state index contributed by atoms with van der Waals surface area (Å²) in [4.78, 5) is 28.5. The standard InChI is InChI=1S/C32H33FN4O3S/c1-21-9-7-12-26(22(21)2)37-32-29(30(35-37)23-10-5-4-6-11-23)31(24-13-15-25(33)16-14-24)41-20-28(39)36(32)19-27(38)34-17-8-18-40-3/h4-7,9-16,31H,8,17-20H2,1-3H3,(H,34,38)/t31-/m1/s1. The highest BCUT2D eigenvalue weighted by Crippen LogP contribution is 2.48. The molecule has 1 aliphatic heterocycles. The lowest BCUT2D eigenvalue weighted by molar-refractivity contribution is -0.122. The van der Waals surface area contributed by atoms with Gasteiger partial charge in [-0.25, -0.2) is 9.07 Å². The van der Waals surface area contributed by atoms with Crippen LogP contribution < -0.4 is 10.2 Å². The molecule has 1 atom stereocenters. The molecule has 1 N–H and O–H groups in total. The van der Waals surface area contributed by atoms with Crippen LogP contribution in [0.25, 0.3) is 16.9 Å². The van der Waals surface area contributed by atoms with Crippen LogP contribution in [0.2, 0.25) is 0 Å². The summed E-state index contributed by atoms with van der Waals surface area (Å²) in [6.45, 7) is 4.88. The van der Waals surface area contributed by atoms with Crippen LogP contribution in [0, 0.1) is 19.7 Å². The third-order valence-electron chi connectivity index (χ3n) is 7.26. The minimum Gasteiger partial charge on any atom is -0.385 e. The minimum atomic E-state index is -0.329. The van der Waals surface area contributed by atoms with Crippen molar-refractivity contribution in [3.05, 3.63) is 101 Å². The van der Waals surface area contributed by atoms with Crippen LogP contribution in [0.4, 0.5) is 10.2 Å². The second kappa shape index (κ2) is 12.7. The fourth-order valence-corrected chi connectivity index (χ4v) is 6.20. The zero-order chi connectivity index (χ0) is 28.9. The Hall–Kier alpha value is -3.95.